The molecule has 61 valence electrons. The number of benzene rings is 1. The lowest BCUT2D eigenvalue weighted by atomic mass is 10.1. The minimum atomic E-state index is -0.0903. The quantitative estimate of drug-likeness (QED) is 0.529. The van der Waals surface area contributed by atoms with Crippen molar-refractivity contribution < 1.29 is 14.5 Å². The standard InChI is InChI=1S/C8H8BO3/c1-6(10)7-4-2-3-5-8(7)12-9-11/h2-5,11H,1H3. The van der Waals surface area contributed by atoms with Crippen molar-refractivity contribution in [2.24, 2.45) is 0 Å². The summed E-state index contributed by atoms with van der Waals surface area (Å²) in [6.07, 6.45) is 0. The average Bonchev–Trinajstić information content (AvgIpc) is 2.05. The molecule has 0 aliphatic heterocycles. The Morgan fingerprint density at radius 1 is 1.50 bits per heavy atom. The van der Waals surface area contributed by atoms with Gasteiger partial charge in [0.2, 0.25) is 0 Å². The van der Waals surface area contributed by atoms with Crippen LogP contribution in [0.15, 0.2) is 24.3 Å². The van der Waals surface area contributed by atoms with E-state index in [0.29, 0.717) is 19.0 Å². The van der Waals surface area contributed by atoms with Gasteiger partial charge in [0.1, 0.15) is 5.75 Å². The first-order chi connectivity index (χ1) is 5.75. The van der Waals surface area contributed by atoms with Crippen molar-refractivity contribution >= 4 is 13.5 Å². The molecule has 1 radical (unpaired) electrons. The van der Waals surface area contributed by atoms with Crippen molar-refractivity contribution in [1.82, 2.24) is 0 Å². The molecule has 0 fully saturated rings. The van der Waals surface area contributed by atoms with Crippen LogP contribution in [0.5, 0.6) is 5.75 Å². The van der Waals surface area contributed by atoms with Crippen LogP contribution in [0.2, 0.25) is 0 Å². The second-order valence-corrected chi connectivity index (χ2v) is 2.28. The third-order valence-corrected chi connectivity index (χ3v) is 1.45. The molecule has 0 saturated carbocycles. The Morgan fingerprint density at radius 2 is 2.17 bits per heavy atom. The second-order valence-electron chi connectivity index (χ2n) is 2.28. The van der Waals surface area contributed by atoms with Gasteiger partial charge in [-0.1, -0.05) is 12.1 Å². The van der Waals surface area contributed by atoms with Crippen molar-refractivity contribution in [3.63, 3.8) is 0 Å². The zero-order valence-electron chi connectivity index (χ0n) is 6.65. The van der Waals surface area contributed by atoms with Crippen molar-refractivity contribution in [2.75, 3.05) is 0 Å². The Hall–Kier alpha value is -1.29. The first kappa shape index (κ1) is 8.81. The zero-order valence-corrected chi connectivity index (χ0v) is 6.65. The number of hydrogen-bond acceptors (Lipinski definition) is 3. The molecule has 0 bridgehead atoms. The fourth-order valence-electron chi connectivity index (χ4n) is 0.917. The predicted molar refractivity (Wildman–Crippen MR) is 45.0 cm³/mol. The van der Waals surface area contributed by atoms with Gasteiger partial charge in [0.15, 0.2) is 5.78 Å². The number of ketones is 1. The van der Waals surface area contributed by atoms with E-state index in [1.807, 2.05) is 0 Å². The van der Waals surface area contributed by atoms with E-state index in [1.54, 1.807) is 24.3 Å². The summed E-state index contributed by atoms with van der Waals surface area (Å²) in [5.74, 6) is 0.278. The first-order valence-electron chi connectivity index (χ1n) is 3.48. The molecule has 1 aromatic carbocycles. The molecule has 3 nitrogen and oxygen atoms in total. The lowest BCUT2D eigenvalue weighted by Crippen LogP contribution is -2.04. The molecule has 1 aromatic rings. The number of Topliss-reactive ketones (excluding diaryl/α,β-unsaturated/α-hetero) is 1. The van der Waals surface area contributed by atoms with Crippen LogP contribution in [0.4, 0.5) is 0 Å². The Bertz CT molecular complexity index is 285. The molecule has 0 heterocycles. The van der Waals surface area contributed by atoms with Gasteiger partial charge in [-0.05, 0) is 19.1 Å². The number of para-hydroxylation sites is 1. The van der Waals surface area contributed by atoms with Crippen LogP contribution in [0, 0.1) is 0 Å². The van der Waals surface area contributed by atoms with Crippen LogP contribution >= 0.6 is 0 Å². The normalized spacial score (nSPS) is 9.17. The van der Waals surface area contributed by atoms with Gasteiger partial charge in [-0.3, -0.25) is 4.79 Å². The Kier molecular flexibility index (Phi) is 2.88. The lowest BCUT2D eigenvalue weighted by Gasteiger charge is -2.04. The van der Waals surface area contributed by atoms with E-state index in [2.05, 4.69) is 0 Å². The topological polar surface area (TPSA) is 46.5 Å². The van der Waals surface area contributed by atoms with Gasteiger partial charge >= 0.3 is 7.69 Å². The summed E-state index contributed by atoms with van der Waals surface area (Å²) < 4.78 is 4.71. The molecule has 0 saturated heterocycles. The molecule has 4 heteroatoms. The van der Waals surface area contributed by atoms with Gasteiger partial charge < -0.3 is 9.68 Å². The van der Waals surface area contributed by atoms with Gasteiger partial charge in [0.25, 0.3) is 0 Å². The lowest BCUT2D eigenvalue weighted by molar-refractivity contribution is 0.101. The van der Waals surface area contributed by atoms with Gasteiger partial charge in [-0.2, -0.15) is 0 Å². The molecule has 0 atom stereocenters. The fourth-order valence-corrected chi connectivity index (χ4v) is 0.917. The van der Waals surface area contributed by atoms with E-state index in [1.165, 1.54) is 6.92 Å². The molecule has 1 N–H and O–H groups in total. The van der Waals surface area contributed by atoms with E-state index in [-0.39, 0.29) is 5.78 Å². The molecule has 0 spiro atoms. The predicted octanol–water partition coefficient (Wildman–Crippen LogP) is 0.794. The third-order valence-electron chi connectivity index (χ3n) is 1.45. The van der Waals surface area contributed by atoms with E-state index >= 15 is 0 Å². The smallest absolute Gasteiger partial charge is 0.537 e. The monoisotopic (exact) mass is 163 g/mol. The molecule has 12 heavy (non-hydrogen) atoms. The van der Waals surface area contributed by atoms with Gasteiger partial charge in [-0.15, -0.1) is 0 Å². The molecule has 0 aliphatic carbocycles. The maximum atomic E-state index is 11.0. The molecule has 0 aliphatic rings. The number of hydrogen-bond donors (Lipinski definition) is 1. The summed E-state index contributed by atoms with van der Waals surface area (Å²) in [5, 5.41) is 8.37. The summed E-state index contributed by atoms with van der Waals surface area (Å²) in [6.45, 7) is 1.44. The SMILES string of the molecule is CC(=O)c1ccccc1O[B]O. The molecule has 0 aromatic heterocycles. The summed E-state index contributed by atoms with van der Waals surface area (Å²) >= 11 is 0. The summed E-state index contributed by atoms with van der Waals surface area (Å²) in [7, 11) is 0.557. The molecule has 0 amide bonds. The Labute approximate surface area is 71.3 Å². The Morgan fingerprint density at radius 3 is 2.75 bits per heavy atom. The van der Waals surface area contributed by atoms with Crippen LogP contribution < -0.4 is 4.65 Å². The highest BCUT2D eigenvalue weighted by Crippen LogP contribution is 2.17. The van der Waals surface area contributed by atoms with Crippen molar-refractivity contribution in [3.8, 4) is 5.75 Å². The largest absolute Gasteiger partial charge is 0.569 e. The van der Waals surface area contributed by atoms with E-state index < -0.39 is 0 Å². The van der Waals surface area contributed by atoms with Crippen LogP contribution in [0.3, 0.4) is 0 Å². The maximum Gasteiger partial charge on any atom is 0.569 e. The minimum absolute atomic E-state index is 0.0903. The number of carbonyl (C=O) groups is 1. The maximum absolute atomic E-state index is 11.0. The van der Waals surface area contributed by atoms with Gasteiger partial charge in [-0.25, -0.2) is 0 Å². The molecular weight excluding hydrogens is 155 g/mol. The zero-order chi connectivity index (χ0) is 8.97. The summed E-state index contributed by atoms with van der Waals surface area (Å²) in [5.41, 5.74) is 0.461. The average molecular weight is 163 g/mol. The fraction of sp³-hybridized carbons (Fsp3) is 0.125. The second kappa shape index (κ2) is 3.92. The van der Waals surface area contributed by atoms with Crippen molar-refractivity contribution in [3.05, 3.63) is 29.8 Å². The van der Waals surface area contributed by atoms with E-state index in [4.69, 9.17) is 9.68 Å². The van der Waals surface area contributed by atoms with Gasteiger partial charge in [0, 0.05) is 0 Å². The van der Waals surface area contributed by atoms with Crippen LogP contribution in [-0.4, -0.2) is 18.5 Å². The van der Waals surface area contributed by atoms with Crippen molar-refractivity contribution in [2.45, 2.75) is 6.92 Å². The van der Waals surface area contributed by atoms with Crippen molar-refractivity contribution in [1.29, 1.82) is 0 Å². The highest BCUT2D eigenvalue weighted by molar-refractivity contribution is 6.17. The highest BCUT2D eigenvalue weighted by Gasteiger charge is 2.06. The van der Waals surface area contributed by atoms with Crippen LogP contribution in [0.1, 0.15) is 17.3 Å². The van der Waals surface area contributed by atoms with Gasteiger partial charge in [0.05, 0.1) is 5.56 Å². The number of carbonyl (C=O) groups excluding carboxylic acids is 1. The summed E-state index contributed by atoms with van der Waals surface area (Å²) in [6, 6.07) is 6.72. The van der Waals surface area contributed by atoms with Crippen LogP contribution in [-0.2, 0) is 0 Å². The minimum Gasteiger partial charge on any atom is -0.537 e. The number of rotatable bonds is 3. The highest BCUT2D eigenvalue weighted by atomic mass is 16.5. The third kappa shape index (κ3) is 1.86. The summed E-state index contributed by atoms with van der Waals surface area (Å²) in [4.78, 5) is 11.0. The molecule has 1 rings (SSSR count). The van der Waals surface area contributed by atoms with Crippen LogP contribution in [0.25, 0.3) is 0 Å². The molecule has 0 unspecified atom stereocenters. The molecular formula is C8H8BO3. The Balaban J connectivity index is 3.00. The van der Waals surface area contributed by atoms with E-state index in [0.717, 1.165) is 0 Å². The first-order valence-corrected chi connectivity index (χ1v) is 3.48. The van der Waals surface area contributed by atoms with E-state index in [9.17, 15) is 4.79 Å².